The van der Waals surface area contributed by atoms with Crippen molar-refractivity contribution in [1.82, 2.24) is 14.7 Å². The summed E-state index contributed by atoms with van der Waals surface area (Å²) < 4.78 is 1.35. The van der Waals surface area contributed by atoms with Crippen molar-refractivity contribution in [2.24, 2.45) is 5.92 Å². The highest BCUT2D eigenvalue weighted by Gasteiger charge is 2.37. The van der Waals surface area contributed by atoms with E-state index in [9.17, 15) is 9.59 Å². The number of rotatable bonds is 5. The molecule has 1 aliphatic heterocycles. The third kappa shape index (κ3) is 4.24. The van der Waals surface area contributed by atoms with Crippen LogP contribution in [0.4, 0.5) is 0 Å². The van der Waals surface area contributed by atoms with E-state index in [1.54, 1.807) is 31.3 Å². The number of carbonyl (C=O) groups excluding carboxylic acids is 1. The van der Waals surface area contributed by atoms with E-state index in [0.29, 0.717) is 11.6 Å². The van der Waals surface area contributed by atoms with E-state index in [4.69, 9.17) is 0 Å². The van der Waals surface area contributed by atoms with Crippen LogP contribution in [0.3, 0.4) is 0 Å². The average molecular weight is 422 g/mol. The number of benzene rings is 1. The summed E-state index contributed by atoms with van der Waals surface area (Å²) in [4.78, 5) is 28.8. The lowest BCUT2D eigenvalue weighted by Crippen LogP contribution is -2.53. The summed E-state index contributed by atoms with van der Waals surface area (Å²) in [5.74, 6) is 0.543. The van der Waals surface area contributed by atoms with E-state index in [2.05, 4.69) is 29.4 Å². The van der Waals surface area contributed by atoms with Gasteiger partial charge < -0.3 is 4.90 Å². The Bertz CT molecular complexity index is 1050. The summed E-state index contributed by atoms with van der Waals surface area (Å²) in [5, 5.41) is 6.51. The Labute approximate surface area is 181 Å². The van der Waals surface area contributed by atoms with Crippen LogP contribution < -0.4 is 5.56 Å². The molecular weight excluding hydrogens is 394 g/mol. The molecule has 6 heteroatoms. The van der Waals surface area contributed by atoms with E-state index < -0.39 is 5.54 Å². The van der Waals surface area contributed by atoms with Crippen LogP contribution in [0.2, 0.25) is 0 Å². The lowest BCUT2D eigenvalue weighted by atomic mass is 9.89. The highest BCUT2D eigenvalue weighted by atomic mass is 32.1. The summed E-state index contributed by atoms with van der Waals surface area (Å²) in [6.45, 7) is 5.02. The van der Waals surface area contributed by atoms with Crippen molar-refractivity contribution in [3.05, 3.63) is 75.9 Å². The summed E-state index contributed by atoms with van der Waals surface area (Å²) in [7, 11) is 0. The van der Waals surface area contributed by atoms with Gasteiger partial charge in [-0.05, 0) is 62.1 Å². The van der Waals surface area contributed by atoms with Crippen molar-refractivity contribution in [2.75, 3.05) is 13.1 Å². The Kier molecular flexibility index (Phi) is 5.86. The van der Waals surface area contributed by atoms with Crippen molar-refractivity contribution in [1.29, 1.82) is 0 Å². The lowest BCUT2D eigenvalue weighted by molar-refractivity contribution is -0.141. The van der Waals surface area contributed by atoms with Gasteiger partial charge in [0.05, 0.1) is 4.88 Å². The predicted octanol–water partition coefficient (Wildman–Crippen LogP) is 4.19. The predicted molar refractivity (Wildman–Crippen MR) is 121 cm³/mol. The van der Waals surface area contributed by atoms with Gasteiger partial charge in [-0.1, -0.05) is 36.4 Å². The van der Waals surface area contributed by atoms with E-state index >= 15 is 0 Å². The van der Waals surface area contributed by atoms with Gasteiger partial charge in [-0.3, -0.25) is 9.59 Å². The fourth-order valence-electron chi connectivity index (χ4n) is 4.13. The van der Waals surface area contributed by atoms with Crippen LogP contribution in [-0.2, 0) is 16.8 Å². The quantitative estimate of drug-likeness (QED) is 0.621. The van der Waals surface area contributed by atoms with Crippen LogP contribution in [0.5, 0.6) is 0 Å². The molecule has 1 fully saturated rings. The molecule has 0 spiro atoms. The van der Waals surface area contributed by atoms with Crippen molar-refractivity contribution in [2.45, 2.75) is 38.6 Å². The Morgan fingerprint density at radius 2 is 1.80 bits per heavy atom. The number of likely N-dealkylation sites (tertiary alicyclic amines) is 1. The van der Waals surface area contributed by atoms with Gasteiger partial charge in [0.2, 0.25) is 5.91 Å². The van der Waals surface area contributed by atoms with Gasteiger partial charge in [0.15, 0.2) is 0 Å². The van der Waals surface area contributed by atoms with Gasteiger partial charge in [-0.25, -0.2) is 4.68 Å². The molecule has 1 amide bonds. The number of carbonyl (C=O) groups is 1. The van der Waals surface area contributed by atoms with Crippen molar-refractivity contribution >= 4 is 17.2 Å². The molecule has 2 aromatic heterocycles. The van der Waals surface area contributed by atoms with Crippen molar-refractivity contribution < 1.29 is 4.79 Å². The number of nitrogens with zero attached hydrogens (tertiary/aromatic N) is 3. The largest absolute Gasteiger partial charge is 0.341 e. The zero-order chi connectivity index (χ0) is 21.1. The second-order valence-electron chi connectivity index (χ2n) is 8.43. The fourth-order valence-corrected chi connectivity index (χ4v) is 4.82. The molecule has 1 aromatic carbocycles. The first-order valence-electron chi connectivity index (χ1n) is 10.4. The molecule has 0 aliphatic carbocycles. The van der Waals surface area contributed by atoms with Gasteiger partial charge in [0, 0.05) is 19.2 Å². The Hall–Kier alpha value is -2.73. The normalized spacial score (nSPS) is 15.3. The minimum atomic E-state index is -1.03. The van der Waals surface area contributed by atoms with Gasteiger partial charge >= 0.3 is 0 Å². The van der Waals surface area contributed by atoms with Crippen molar-refractivity contribution in [3.8, 4) is 10.6 Å². The summed E-state index contributed by atoms with van der Waals surface area (Å²) in [5.41, 5.74) is 0.778. The summed E-state index contributed by atoms with van der Waals surface area (Å²) >= 11 is 1.57. The molecule has 3 aromatic rings. The number of piperidine rings is 1. The number of aromatic nitrogens is 2. The maximum absolute atomic E-state index is 13.4. The van der Waals surface area contributed by atoms with Crippen LogP contribution in [-0.4, -0.2) is 33.7 Å². The second kappa shape index (κ2) is 8.56. The van der Waals surface area contributed by atoms with E-state index in [0.717, 1.165) is 37.2 Å². The molecular formula is C24H27N3O2S. The Balaban J connectivity index is 1.47. The van der Waals surface area contributed by atoms with Crippen LogP contribution in [0.1, 0.15) is 32.3 Å². The van der Waals surface area contributed by atoms with Gasteiger partial charge in [-0.2, -0.15) is 5.10 Å². The lowest BCUT2D eigenvalue weighted by Gasteiger charge is -2.37. The molecule has 4 rings (SSSR count). The minimum Gasteiger partial charge on any atom is -0.341 e. The molecule has 0 unspecified atom stereocenters. The highest BCUT2D eigenvalue weighted by molar-refractivity contribution is 7.13. The smallest absolute Gasteiger partial charge is 0.267 e. The number of amides is 1. The summed E-state index contributed by atoms with van der Waals surface area (Å²) in [6, 6.07) is 17.7. The standard InChI is InChI=1S/C24H27N3O2S/c1-24(2,27-22(28)11-10-20(25-27)21-9-6-16-30-21)23(29)26-14-12-19(13-15-26)17-18-7-4-3-5-8-18/h3-11,16,19H,12-15,17H2,1-2H3. The molecule has 156 valence electrons. The van der Waals surface area contributed by atoms with E-state index in [1.165, 1.54) is 16.3 Å². The molecule has 1 saturated heterocycles. The summed E-state index contributed by atoms with van der Waals surface area (Å²) in [6.07, 6.45) is 3.01. The Morgan fingerprint density at radius 3 is 2.47 bits per heavy atom. The van der Waals surface area contributed by atoms with E-state index in [1.807, 2.05) is 28.5 Å². The first kappa shape index (κ1) is 20.5. The van der Waals surface area contributed by atoms with Crippen molar-refractivity contribution in [3.63, 3.8) is 0 Å². The van der Waals surface area contributed by atoms with Crippen LogP contribution >= 0.6 is 11.3 Å². The van der Waals surface area contributed by atoms with Crippen LogP contribution in [0.25, 0.3) is 10.6 Å². The zero-order valence-corrected chi connectivity index (χ0v) is 18.3. The number of hydrogen-bond donors (Lipinski definition) is 0. The molecule has 0 bridgehead atoms. The molecule has 1 aliphatic rings. The van der Waals surface area contributed by atoms with Gasteiger partial charge in [-0.15, -0.1) is 11.3 Å². The second-order valence-corrected chi connectivity index (χ2v) is 9.38. The number of hydrogen-bond acceptors (Lipinski definition) is 4. The minimum absolute atomic E-state index is 0.0430. The third-order valence-electron chi connectivity index (χ3n) is 5.90. The monoisotopic (exact) mass is 421 g/mol. The molecule has 3 heterocycles. The van der Waals surface area contributed by atoms with E-state index in [-0.39, 0.29) is 11.5 Å². The average Bonchev–Trinajstić information content (AvgIpc) is 3.30. The molecule has 5 nitrogen and oxygen atoms in total. The fraction of sp³-hybridized carbons (Fsp3) is 0.375. The van der Waals surface area contributed by atoms with Crippen LogP contribution in [0.15, 0.2) is 64.8 Å². The Morgan fingerprint density at radius 1 is 1.07 bits per heavy atom. The third-order valence-corrected chi connectivity index (χ3v) is 6.79. The van der Waals surface area contributed by atoms with Gasteiger partial charge in [0.25, 0.3) is 5.56 Å². The molecule has 0 saturated carbocycles. The molecule has 0 N–H and O–H groups in total. The van der Waals surface area contributed by atoms with Gasteiger partial charge in [0.1, 0.15) is 11.2 Å². The SMILES string of the molecule is CC(C)(C(=O)N1CCC(Cc2ccccc2)CC1)n1nc(-c2cccs2)ccc1=O. The molecule has 30 heavy (non-hydrogen) atoms. The topological polar surface area (TPSA) is 55.2 Å². The molecule has 0 atom stereocenters. The number of thiophene rings is 1. The highest BCUT2D eigenvalue weighted by Crippen LogP contribution is 2.26. The maximum atomic E-state index is 13.4. The maximum Gasteiger partial charge on any atom is 0.267 e. The zero-order valence-electron chi connectivity index (χ0n) is 17.5. The first-order valence-corrected chi connectivity index (χ1v) is 11.3. The first-order chi connectivity index (χ1) is 14.4. The molecule has 0 radical (unpaired) electrons. The van der Waals surface area contributed by atoms with Crippen LogP contribution in [0, 0.1) is 5.92 Å².